The van der Waals surface area contributed by atoms with Crippen LogP contribution in [0.2, 0.25) is 0 Å². The molecule has 1 atom stereocenters. The molecule has 2 aliphatic heterocycles. The van der Waals surface area contributed by atoms with Crippen LogP contribution in [-0.2, 0) is 9.53 Å². The number of carbonyl (C=O) groups excluding carboxylic acids is 1. The lowest BCUT2D eigenvalue weighted by Crippen LogP contribution is -2.54. The Balaban J connectivity index is 1.58. The summed E-state index contributed by atoms with van der Waals surface area (Å²) >= 11 is 0. The van der Waals surface area contributed by atoms with Crippen LogP contribution in [0.4, 0.5) is 0 Å². The number of nitrogens with one attached hydrogen (secondary N) is 2. The molecule has 2 heterocycles. The minimum Gasteiger partial charge on any atom is -0.373 e. The summed E-state index contributed by atoms with van der Waals surface area (Å²) in [5.74, 6) is 0.905. The highest BCUT2D eigenvalue weighted by Crippen LogP contribution is 2.35. The summed E-state index contributed by atoms with van der Waals surface area (Å²) in [7, 11) is 0. The number of ether oxygens (including phenoxy) is 1. The zero-order chi connectivity index (χ0) is 11.7. The molecule has 3 fully saturated rings. The second-order valence-electron chi connectivity index (χ2n) is 5.72. The van der Waals surface area contributed by atoms with Crippen molar-refractivity contribution in [2.45, 2.75) is 50.2 Å². The van der Waals surface area contributed by atoms with Crippen molar-refractivity contribution in [3.05, 3.63) is 0 Å². The van der Waals surface area contributed by atoms with E-state index >= 15 is 0 Å². The summed E-state index contributed by atoms with van der Waals surface area (Å²) in [5, 5.41) is 6.58. The number of rotatable bonds is 3. The Hall–Kier alpha value is -0.610. The monoisotopic (exact) mass is 238 g/mol. The largest absolute Gasteiger partial charge is 0.373 e. The van der Waals surface area contributed by atoms with E-state index < -0.39 is 0 Å². The summed E-state index contributed by atoms with van der Waals surface area (Å²) in [6.45, 7) is 2.82. The minimum absolute atomic E-state index is 0.0650. The first kappa shape index (κ1) is 11.5. The van der Waals surface area contributed by atoms with Crippen LogP contribution in [0.3, 0.4) is 0 Å². The maximum absolute atomic E-state index is 11.9. The van der Waals surface area contributed by atoms with E-state index in [4.69, 9.17) is 4.74 Å². The van der Waals surface area contributed by atoms with Gasteiger partial charge >= 0.3 is 0 Å². The molecule has 0 aromatic rings. The van der Waals surface area contributed by atoms with Gasteiger partial charge in [-0.25, -0.2) is 0 Å². The van der Waals surface area contributed by atoms with Gasteiger partial charge < -0.3 is 15.4 Å². The van der Waals surface area contributed by atoms with Gasteiger partial charge in [0, 0.05) is 13.0 Å². The molecule has 4 heteroatoms. The van der Waals surface area contributed by atoms with Crippen molar-refractivity contribution in [2.75, 3.05) is 19.7 Å². The average molecular weight is 238 g/mol. The molecule has 96 valence electrons. The van der Waals surface area contributed by atoms with Gasteiger partial charge in [0.2, 0.25) is 5.91 Å². The molecule has 3 aliphatic rings. The van der Waals surface area contributed by atoms with Crippen molar-refractivity contribution in [1.82, 2.24) is 10.6 Å². The van der Waals surface area contributed by atoms with Gasteiger partial charge in [-0.05, 0) is 51.1 Å². The fourth-order valence-corrected chi connectivity index (χ4v) is 3.13. The van der Waals surface area contributed by atoms with Crippen LogP contribution in [0, 0.1) is 5.92 Å². The third-order valence-electron chi connectivity index (χ3n) is 4.39. The third kappa shape index (κ3) is 2.47. The fourth-order valence-electron chi connectivity index (χ4n) is 3.13. The first-order valence-electron chi connectivity index (χ1n) is 6.93. The number of hydrogen-bond acceptors (Lipinski definition) is 3. The highest BCUT2D eigenvalue weighted by Gasteiger charge is 2.45. The Morgan fingerprint density at radius 1 is 1.29 bits per heavy atom. The van der Waals surface area contributed by atoms with Gasteiger partial charge in [-0.2, -0.15) is 0 Å². The lowest BCUT2D eigenvalue weighted by atomic mass is 9.85. The lowest BCUT2D eigenvalue weighted by molar-refractivity contribution is -0.124. The van der Waals surface area contributed by atoms with Gasteiger partial charge in [0.1, 0.15) is 0 Å². The molecule has 1 aliphatic carbocycles. The summed E-state index contributed by atoms with van der Waals surface area (Å²) < 4.78 is 5.96. The second kappa shape index (κ2) is 4.58. The Bertz CT molecular complexity index is 296. The van der Waals surface area contributed by atoms with Crippen LogP contribution >= 0.6 is 0 Å². The number of amides is 1. The zero-order valence-electron chi connectivity index (χ0n) is 10.3. The molecule has 2 saturated heterocycles. The van der Waals surface area contributed by atoms with E-state index in [1.165, 1.54) is 12.8 Å². The average Bonchev–Trinajstić information content (AvgIpc) is 3.06. The van der Waals surface area contributed by atoms with E-state index in [1.54, 1.807) is 0 Å². The zero-order valence-corrected chi connectivity index (χ0v) is 10.3. The highest BCUT2D eigenvalue weighted by atomic mass is 16.5. The molecule has 1 unspecified atom stereocenters. The molecule has 1 spiro atoms. The Kier molecular flexibility index (Phi) is 3.09. The molecule has 1 saturated carbocycles. The quantitative estimate of drug-likeness (QED) is 0.765. The fraction of sp³-hybridized carbons (Fsp3) is 0.923. The van der Waals surface area contributed by atoms with Crippen LogP contribution in [-0.4, -0.2) is 37.2 Å². The topological polar surface area (TPSA) is 50.4 Å². The number of carbonyl (C=O) groups is 1. The first-order valence-corrected chi connectivity index (χ1v) is 6.93. The standard InChI is InChI=1S/C13H22N2O2/c16-12(9-10-1-2-10)15-11-3-8-17-13(11)4-6-14-7-5-13/h10-11,14H,1-9H2,(H,15,16). The van der Waals surface area contributed by atoms with E-state index in [0.717, 1.165) is 45.4 Å². The SMILES string of the molecule is O=C(CC1CC1)NC1CCOC12CCNCC2. The molecule has 17 heavy (non-hydrogen) atoms. The molecular formula is C13H22N2O2. The maximum Gasteiger partial charge on any atom is 0.220 e. The van der Waals surface area contributed by atoms with Gasteiger partial charge in [-0.15, -0.1) is 0 Å². The van der Waals surface area contributed by atoms with Crippen molar-refractivity contribution in [1.29, 1.82) is 0 Å². The predicted octanol–water partition coefficient (Wildman–Crippen LogP) is 0.814. The van der Waals surface area contributed by atoms with E-state index in [-0.39, 0.29) is 17.6 Å². The van der Waals surface area contributed by atoms with Gasteiger partial charge in [0.15, 0.2) is 0 Å². The van der Waals surface area contributed by atoms with Crippen LogP contribution in [0.5, 0.6) is 0 Å². The van der Waals surface area contributed by atoms with E-state index in [0.29, 0.717) is 5.92 Å². The van der Waals surface area contributed by atoms with Crippen LogP contribution in [0.1, 0.15) is 38.5 Å². The number of hydrogen-bond donors (Lipinski definition) is 2. The van der Waals surface area contributed by atoms with Crippen LogP contribution < -0.4 is 10.6 Å². The first-order chi connectivity index (χ1) is 8.28. The molecule has 1 amide bonds. The van der Waals surface area contributed by atoms with Crippen molar-refractivity contribution in [3.8, 4) is 0 Å². The summed E-state index contributed by atoms with van der Waals surface area (Å²) in [6.07, 6.45) is 6.25. The molecular weight excluding hydrogens is 216 g/mol. The van der Waals surface area contributed by atoms with Crippen molar-refractivity contribution >= 4 is 5.91 Å². The normalized spacial score (nSPS) is 31.6. The van der Waals surface area contributed by atoms with E-state index in [2.05, 4.69) is 10.6 Å². The van der Waals surface area contributed by atoms with Crippen molar-refractivity contribution in [2.24, 2.45) is 5.92 Å². The third-order valence-corrected chi connectivity index (χ3v) is 4.39. The van der Waals surface area contributed by atoms with Crippen molar-refractivity contribution < 1.29 is 9.53 Å². The molecule has 4 nitrogen and oxygen atoms in total. The number of piperidine rings is 1. The molecule has 2 N–H and O–H groups in total. The molecule has 0 bridgehead atoms. The van der Waals surface area contributed by atoms with Gasteiger partial charge in [0.05, 0.1) is 11.6 Å². The Morgan fingerprint density at radius 2 is 2.06 bits per heavy atom. The summed E-state index contributed by atoms with van der Waals surface area (Å²) in [6, 6.07) is 0.246. The molecule has 3 rings (SSSR count). The van der Waals surface area contributed by atoms with Crippen molar-refractivity contribution in [3.63, 3.8) is 0 Å². The van der Waals surface area contributed by atoms with E-state index in [9.17, 15) is 4.79 Å². The van der Waals surface area contributed by atoms with E-state index in [1.807, 2.05) is 0 Å². The summed E-state index contributed by atoms with van der Waals surface area (Å²) in [5.41, 5.74) is -0.0650. The van der Waals surface area contributed by atoms with Gasteiger partial charge in [-0.1, -0.05) is 0 Å². The van der Waals surface area contributed by atoms with Gasteiger partial charge in [-0.3, -0.25) is 4.79 Å². The van der Waals surface area contributed by atoms with Crippen LogP contribution in [0.15, 0.2) is 0 Å². The lowest BCUT2D eigenvalue weighted by Gasteiger charge is -2.38. The minimum atomic E-state index is -0.0650. The Morgan fingerprint density at radius 3 is 2.76 bits per heavy atom. The predicted molar refractivity (Wildman–Crippen MR) is 64.7 cm³/mol. The molecule has 0 aromatic heterocycles. The maximum atomic E-state index is 11.9. The highest BCUT2D eigenvalue weighted by molar-refractivity contribution is 5.77. The van der Waals surface area contributed by atoms with Crippen LogP contribution in [0.25, 0.3) is 0 Å². The second-order valence-corrected chi connectivity index (χ2v) is 5.72. The molecule has 0 aromatic carbocycles. The Labute approximate surface area is 102 Å². The smallest absolute Gasteiger partial charge is 0.220 e. The van der Waals surface area contributed by atoms with Gasteiger partial charge in [0.25, 0.3) is 0 Å². The molecule has 0 radical (unpaired) electrons. The summed E-state index contributed by atoms with van der Waals surface area (Å²) in [4.78, 5) is 11.9.